The average Bonchev–Trinajstić information content (AvgIpc) is 2.91. The Kier molecular flexibility index (Phi) is 4.72. The number of nitrogens with zero attached hydrogens (tertiary/aromatic N) is 2. The van der Waals surface area contributed by atoms with Crippen LogP contribution in [0.1, 0.15) is 31.7 Å². The molecule has 0 bridgehead atoms. The quantitative estimate of drug-likeness (QED) is 0.522. The van der Waals surface area contributed by atoms with Crippen molar-refractivity contribution in [3.63, 3.8) is 0 Å². The molecule has 100 valence electrons. The standard InChI is InChI=1S/C12H21N5O/c1-2-10-11(15-8-16-12(10)17-13)14-6-5-9-4-3-7-18-9/h8-9H,2-7,13H2,1H3,(H2,14,15,16,17). The van der Waals surface area contributed by atoms with E-state index < -0.39 is 0 Å². The Morgan fingerprint density at radius 1 is 1.44 bits per heavy atom. The van der Waals surface area contributed by atoms with E-state index in [1.807, 2.05) is 0 Å². The summed E-state index contributed by atoms with van der Waals surface area (Å²) < 4.78 is 5.59. The van der Waals surface area contributed by atoms with Crippen LogP contribution in [-0.2, 0) is 11.2 Å². The highest BCUT2D eigenvalue weighted by Crippen LogP contribution is 2.20. The molecule has 6 nitrogen and oxygen atoms in total. The van der Waals surface area contributed by atoms with Crippen molar-refractivity contribution in [1.82, 2.24) is 9.97 Å². The van der Waals surface area contributed by atoms with Crippen molar-refractivity contribution in [3.05, 3.63) is 11.9 Å². The van der Waals surface area contributed by atoms with E-state index in [9.17, 15) is 0 Å². The van der Waals surface area contributed by atoms with E-state index in [1.165, 1.54) is 19.2 Å². The number of anilines is 2. The minimum absolute atomic E-state index is 0.400. The van der Waals surface area contributed by atoms with Crippen LogP contribution in [0.3, 0.4) is 0 Å². The molecule has 0 radical (unpaired) electrons. The second-order valence-electron chi connectivity index (χ2n) is 4.40. The molecule has 1 aliphatic heterocycles. The molecule has 1 fully saturated rings. The molecule has 0 aliphatic carbocycles. The molecule has 0 amide bonds. The third kappa shape index (κ3) is 3.08. The van der Waals surface area contributed by atoms with Crippen molar-refractivity contribution in [1.29, 1.82) is 0 Å². The first-order valence-corrected chi connectivity index (χ1v) is 6.51. The lowest BCUT2D eigenvalue weighted by molar-refractivity contribution is 0.107. The van der Waals surface area contributed by atoms with Gasteiger partial charge in [-0.2, -0.15) is 0 Å². The largest absolute Gasteiger partial charge is 0.378 e. The summed E-state index contributed by atoms with van der Waals surface area (Å²) >= 11 is 0. The van der Waals surface area contributed by atoms with E-state index in [4.69, 9.17) is 10.6 Å². The van der Waals surface area contributed by atoms with Gasteiger partial charge >= 0.3 is 0 Å². The van der Waals surface area contributed by atoms with Gasteiger partial charge in [-0.05, 0) is 25.7 Å². The summed E-state index contributed by atoms with van der Waals surface area (Å²) in [5.74, 6) is 6.98. The SMILES string of the molecule is CCc1c(NN)ncnc1NCCC1CCCO1. The number of nitrogens with one attached hydrogen (secondary N) is 2. The fraction of sp³-hybridized carbons (Fsp3) is 0.667. The second-order valence-corrected chi connectivity index (χ2v) is 4.40. The number of hydrogen-bond acceptors (Lipinski definition) is 6. The van der Waals surface area contributed by atoms with Crippen molar-refractivity contribution in [3.8, 4) is 0 Å². The maximum Gasteiger partial charge on any atom is 0.148 e. The Balaban J connectivity index is 1.91. The molecular formula is C12H21N5O. The molecule has 18 heavy (non-hydrogen) atoms. The predicted octanol–water partition coefficient (Wildman–Crippen LogP) is 1.31. The van der Waals surface area contributed by atoms with Crippen molar-refractivity contribution < 1.29 is 4.74 Å². The molecule has 1 aliphatic rings. The van der Waals surface area contributed by atoms with Crippen molar-refractivity contribution in [2.24, 2.45) is 5.84 Å². The van der Waals surface area contributed by atoms with Gasteiger partial charge < -0.3 is 15.5 Å². The van der Waals surface area contributed by atoms with Crippen LogP contribution in [0.4, 0.5) is 11.6 Å². The molecule has 2 heterocycles. The fourth-order valence-corrected chi connectivity index (χ4v) is 2.25. The first-order valence-electron chi connectivity index (χ1n) is 6.51. The Labute approximate surface area is 107 Å². The normalized spacial score (nSPS) is 18.9. The third-order valence-corrected chi connectivity index (χ3v) is 3.22. The number of nitrogens with two attached hydrogens (primary N) is 1. The molecule has 0 spiro atoms. The van der Waals surface area contributed by atoms with Crippen molar-refractivity contribution in [2.45, 2.75) is 38.7 Å². The summed E-state index contributed by atoms with van der Waals surface area (Å²) in [7, 11) is 0. The van der Waals surface area contributed by atoms with Crippen LogP contribution in [0, 0.1) is 0 Å². The molecule has 2 rings (SSSR count). The number of hydrazine groups is 1. The second kappa shape index (κ2) is 6.51. The molecule has 1 saturated heterocycles. The van der Waals surface area contributed by atoms with Gasteiger partial charge in [0.05, 0.1) is 6.10 Å². The van der Waals surface area contributed by atoms with Gasteiger partial charge in [-0.25, -0.2) is 15.8 Å². The lowest BCUT2D eigenvalue weighted by Gasteiger charge is -2.14. The molecule has 1 aromatic rings. The maximum atomic E-state index is 5.59. The van der Waals surface area contributed by atoms with E-state index in [0.717, 1.165) is 37.4 Å². The van der Waals surface area contributed by atoms with Crippen LogP contribution < -0.4 is 16.6 Å². The summed E-state index contributed by atoms with van der Waals surface area (Å²) in [5, 5.41) is 3.34. The molecular weight excluding hydrogens is 230 g/mol. The van der Waals surface area contributed by atoms with Gasteiger partial charge in [0.25, 0.3) is 0 Å². The van der Waals surface area contributed by atoms with Gasteiger partial charge in [0.2, 0.25) is 0 Å². The monoisotopic (exact) mass is 251 g/mol. The van der Waals surface area contributed by atoms with Crippen LogP contribution in [0.25, 0.3) is 0 Å². The van der Waals surface area contributed by atoms with Crippen molar-refractivity contribution >= 4 is 11.6 Å². The van der Waals surface area contributed by atoms with Gasteiger partial charge in [-0.1, -0.05) is 6.92 Å². The molecule has 0 aromatic carbocycles. The maximum absolute atomic E-state index is 5.59. The molecule has 1 unspecified atom stereocenters. The first kappa shape index (κ1) is 13.0. The Morgan fingerprint density at radius 3 is 2.94 bits per heavy atom. The van der Waals surface area contributed by atoms with E-state index in [2.05, 4.69) is 27.6 Å². The zero-order valence-corrected chi connectivity index (χ0v) is 10.8. The molecule has 6 heteroatoms. The number of aromatic nitrogens is 2. The predicted molar refractivity (Wildman–Crippen MR) is 71.3 cm³/mol. The number of nitrogen functional groups attached to an aromatic ring is 1. The van der Waals surface area contributed by atoms with Gasteiger partial charge in [0, 0.05) is 18.7 Å². The number of hydrogen-bond donors (Lipinski definition) is 3. The topological polar surface area (TPSA) is 85.1 Å². The van der Waals surface area contributed by atoms with Gasteiger partial charge in [0.15, 0.2) is 0 Å². The third-order valence-electron chi connectivity index (χ3n) is 3.22. The smallest absolute Gasteiger partial charge is 0.148 e. The average molecular weight is 251 g/mol. The van der Waals surface area contributed by atoms with E-state index in [1.54, 1.807) is 0 Å². The summed E-state index contributed by atoms with van der Waals surface area (Å²) in [6.07, 6.45) is 6.11. The highest BCUT2D eigenvalue weighted by atomic mass is 16.5. The molecule has 1 atom stereocenters. The van der Waals surface area contributed by atoms with Gasteiger partial charge in [-0.15, -0.1) is 0 Å². The fourth-order valence-electron chi connectivity index (χ4n) is 2.25. The zero-order valence-electron chi connectivity index (χ0n) is 10.8. The van der Waals surface area contributed by atoms with Crippen molar-refractivity contribution in [2.75, 3.05) is 23.9 Å². The highest BCUT2D eigenvalue weighted by molar-refractivity contribution is 5.56. The minimum atomic E-state index is 0.400. The Hall–Kier alpha value is -1.40. The lowest BCUT2D eigenvalue weighted by atomic mass is 10.2. The molecule has 1 aromatic heterocycles. The van der Waals surface area contributed by atoms with Crippen LogP contribution in [0.15, 0.2) is 6.33 Å². The van der Waals surface area contributed by atoms with Crippen LogP contribution in [0.2, 0.25) is 0 Å². The lowest BCUT2D eigenvalue weighted by Crippen LogP contribution is -2.16. The summed E-state index contributed by atoms with van der Waals surface area (Å²) in [4.78, 5) is 8.37. The van der Waals surface area contributed by atoms with Crippen LogP contribution in [-0.4, -0.2) is 29.2 Å². The zero-order chi connectivity index (χ0) is 12.8. The Morgan fingerprint density at radius 2 is 2.28 bits per heavy atom. The van der Waals surface area contributed by atoms with Gasteiger partial charge in [0.1, 0.15) is 18.0 Å². The van der Waals surface area contributed by atoms with E-state index in [0.29, 0.717) is 11.9 Å². The summed E-state index contributed by atoms with van der Waals surface area (Å²) in [6, 6.07) is 0. The van der Waals surface area contributed by atoms with Crippen LogP contribution >= 0.6 is 0 Å². The highest BCUT2D eigenvalue weighted by Gasteiger charge is 2.15. The minimum Gasteiger partial charge on any atom is -0.378 e. The van der Waals surface area contributed by atoms with E-state index >= 15 is 0 Å². The molecule has 4 N–H and O–H groups in total. The Bertz CT molecular complexity index is 379. The summed E-state index contributed by atoms with van der Waals surface area (Å²) in [6.45, 7) is 3.82. The van der Waals surface area contributed by atoms with Gasteiger partial charge in [-0.3, -0.25) is 0 Å². The summed E-state index contributed by atoms with van der Waals surface area (Å²) in [5.41, 5.74) is 3.62. The molecule has 0 saturated carbocycles. The number of rotatable bonds is 6. The number of ether oxygens (including phenoxy) is 1. The first-order chi connectivity index (χ1) is 8.85. The van der Waals surface area contributed by atoms with E-state index in [-0.39, 0.29) is 0 Å². The van der Waals surface area contributed by atoms with Crippen LogP contribution in [0.5, 0.6) is 0 Å².